The third kappa shape index (κ3) is 4.05. The van der Waals surface area contributed by atoms with Crippen LogP contribution in [0.3, 0.4) is 0 Å². The van der Waals surface area contributed by atoms with Crippen molar-refractivity contribution in [2.75, 3.05) is 30.5 Å². The van der Waals surface area contributed by atoms with E-state index in [1.807, 2.05) is 45.0 Å². The molecule has 2 amide bonds. The van der Waals surface area contributed by atoms with Gasteiger partial charge in [-0.1, -0.05) is 18.2 Å². The van der Waals surface area contributed by atoms with Gasteiger partial charge in [0, 0.05) is 18.8 Å². The van der Waals surface area contributed by atoms with Gasteiger partial charge in [0.2, 0.25) is 5.91 Å². The maximum absolute atomic E-state index is 12.5. The fourth-order valence-corrected chi connectivity index (χ4v) is 2.93. The fourth-order valence-electron chi connectivity index (χ4n) is 2.93. The molecule has 0 fully saturated rings. The van der Waals surface area contributed by atoms with E-state index in [-0.39, 0.29) is 25.0 Å². The molecule has 6 nitrogen and oxygen atoms in total. The number of nitrogens with zero attached hydrogens (tertiary/aromatic N) is 1. The Morgan fingerprint density at radius 1 is 1.26 bits per heavy atom. The number of hydrogen-bond donors (Lipinski definition) is 1. The van der Waals surface area contributed by atoms with Gasteiger partial charge >= 0.3 is 0 Å². The summed E-state index contributed by atoms with van der Waals surface area (Å²) < 4.78 is 11.4. The van der Waals surface area contributed by atoms with Crippen LogP contribution >= 0.6 is 0 Å². The third-order valence-electron chi connectivity index (χ3n) is 4.53. The second-order valence-electron chi connectivity index (χ2n) is 7.32. The van der Waals surface area contributed by atoms with Crippen LogP contribution in [-0.4, -0.2) is 32.1 Å². The van der Waals surface area contributed by atoms with Crippen molar-refractivity contribution in [3.05, 3.63) is 48.0 Å². The van der Waals surface area contributed by atoms with E-state index in [9.17, 15) is 9.59 Å². The summed E-state index contributed by atoms with van der Waals surface area (Å²) in [5.74, 6) is 0.968. The number of hydrogen-bond acceptors (Lipinski definition) is 4. The molecule has 6 heteroatoms. The molecular formula is C21H24N2O4. The van der Waals surface area contributed by atoms with Crippen LogP contribution in [0.25, 0.3) is 0 Å². The molecule has 1 N–H and O–H groups in total. The molecule has 142 valence electrons. The zero-order chi connectivity index (χ0) is 19.6. The van der Waals surface area contributed by atoms with E-state index < -0.39 is 5.41 Å². The number of rotatable bonds is 4. The molecule has 1 heterocycles. The van der Waals surface area contributed by atoms with E-state index in [2.05, 4.69) is 5.32 Å². The number of para-hydroxylation sites is 1. The molecule has 1 aliphatic rings. The Kier molecular flexibility index (Phi) is 5.08. The molecule has 0 spiro atoms. The van der Waals surface area contributed by atoms with Gasteiger partial charge in [0.05, 0.1) is 11.1 Å². The molecular weight excluding hydrogens is 344 g/mol. The second-order valence-corrected chi connectivity index (χ2v) is 7.32. The molecule has 0 aromatic heterocycles. The van der Waals surface area contributed by atoms with Gasteiger partial charge in [-0.2, -0.15) is 0 Å². The summed E-state index contributed by atoms with van der Waals surface area (Å²) in [6, 6.07) is 12.8. The first-order valence-electron chi connectivity index (χ1n) is 8.81. The molecule has 2 aromatic carbocycles. The molecule has 1 aliphatic heterocycles. The van der Waals surface area contributed by atoms with Gasteiger partial charge in [-0.25, -0.2) is 0 Å². The number of carbonyl (C=O) groups excluding carboxylic acids is 2. The Balaban J connectivity index is 1.69. The number of ether oxygens (including phenoxy) is 2. The highest BCUT2D eigenvalue weighted by Crippen LogP contribution is 2.37. The van der Waals surface area contributed by atoms with Gasteiger partial charge in [-0.3, -0.25) is 9.59 Å². The maximum Gasteiger partial charge on any atom is 0.262 e. The summed E-state index contributed by atoms with van der Waals surface area (Å²) in [5.41, 5.74) is 1.63. The predicted octanol–water partition coefficient (Wildman–Crippen LogP) is 3.39. The van der Waals surface area contributed by atoms with E-state index in [4.69, 9.17) is 9.47 Å². The molecule has 0 saturated carbocycles. The Morgan fingerprint density at radius 3 is 2.74 bits per heavy atom. The van der Waals surface area contributed by atoms with E-state index in [0.29, 0.717) is 22.9 Å². The first-order chi connectivity index (χ1) is 12.8. The van der Waals surface area contributed by atoms with Gasteiger partial charge in [0.15, 0.2) is 6.61 Å². The zero-order valence-corrected chi connectivity index (χ0v) is 16.0. The molecule has 0 saturated heterocycles. The lowest BCUT2D eigenvalue weighted by molar-refractivity contribution is -0.127. The molecule has 0 unspecified atom stereocenters. The lowest BCUT2D eigenvalue weighted by Crippen LogP contribution is -2.39. The predicted molar refractivity (Wildman–Crippen MR) is 104 cm³/mol. The standard InChI is InChI=1S/C21H24N2O4/c1-14-7-5-6-8-17(14)26-12-19(24)22-15-9-10-16-18(11-15)27-13-21(2,3)20(25)23(16)4/h5-11H,12-13H2,1-4H3,(H,22,24). The van der Waals surface area contributed by atoms with Gasteiger partial charge in [-0.15, -0.1) is 0 Å². The summed E-state index contributed by atoms with van der Waals surface area (Å²) in [4.78, 5) is 26.3. The number of amides is 2. The first-order valence-corrected chi connectivity index (χ1v) is 8.81. The van der Waals surface area contributed by atoms with Crippen molar-refractivity contribution in [1.29, 1.82) is 0 Å². The van der Waals surface area contributed by atoms with Crippen molar-refractivity contribution in [3.63, 3.8) is 0 Å². The quantitative estimate of drug-likeness (QED) is 0.898. The van der Waals surface area contributed by atoms with E-state index >= 15 is 0 Å². The largest absolute Gasteiger partial charge is 0.490 e. The number of fused-ring (bicyclic) bond motifs is 1. The van der Waals surface area contributed by atoms with Crippen molar-refractivity contribution >= 4 is 23.2 Å². The SMILES string of the molecule is Cc1ccccc1OCC(=O)Nc1ccc2c(c1)OCC(C)(C)C(=O)N2C. The highest BCUT2D eigenvalue weighted by Gasteiger charge is 2.36. The van der Waals surface area contributed by atoms with E-state index in [0.717, 1.165) is 5.56 Å². The molecule has 0 bridgehead atoms. The Labute approximate surface area is 159 Å². The summed E-state index contributed by atoms with van der Waals surface area (Å²) >= 11 is 0. The molecule has 0 radical (unpaired) electrons. The van der Waals surface area contributed by atoms with Crippen molar-refractivity contribution in [1.82, 2.24) is 0 Å². The van der Waals surface area contributed by atoms with Crippen molar-refractivity contribution < 1.29 is 19.1 Å². The molecule has 27 heavy (non-hydrogen) atoms. The lowest BCUT2D eigenvalue weighted by Gasteiger charge is -2.24. The topological polar surface area (TPSA) is 67.9 Å². The van der Waals surface area contributed by atoms with Crippen molar-refractivity contribution in [3.8, 4) is 11.5 Å². The van der Waals surface area contributed by atoms with Gasteiger partial charge < -0.3 is 19.7 Å². The van der Waals surface area contributed by atoms with Crippen molar-refractivity contribution in [2.45, 2.75) is 20.8 Å². The van der Waals surface area contributed by atoms with Gasteiger partial charge in [-0.05, 0) is 44.5 Å². The minimum Gasteiger partial charge on any atom is -0.490 e. The summed E-state index contributed by atoms with van der Waals surface area (Å²) in [7, 11) is 1.73. The highest BCUT2D eigenvalue weighted by molar-refractivity contribution is 5.99. The fraction of sp³-hybridized carbons (Fsp3) is 0.333. The Bertz CT molecular complexity index is 876. The minimum atomic E-state index is -0.613. The van der Waals surface area contributed by atoms with Crippen LogP contribution in [-0.2, 0) is 9.59 Å². The summed E-state index contributed by atoms with van der Waals surface area (Å²) in [6.07, 6.45) is 0. The second kappa shape index (κ2) is 7.31. The maximum atomic E-state index is 12.5. The number of aryl methyl sites for hydroxylation is 1. The average Bonchev–Trinajstić information content (AvgIpc) is 2.72. The van der Waals surface area contributed by atoms with Crippen LogP contribution in [0.15, 0.2) is 42.5 Å². The number of nitrogens with one attached hydrogen (secondary N) is 1. The third-order valence-corrected chi connectivity index (χ3v) is 4.53. The smallest absolute Gasteiger partial charge is 0.262 e. The summed E-state index contributed by atoms with van der Waals surface area (Å²) in [6.45, 7) is 5.81. The van der Waals surface area contributed by atoms with Gasteiger partial charge in [0.25, 0.3) is 5.91 Å². The Hall–Kier alpha value is -3.02. The van der Waals surface area contributed by atoms with E-state index in [1.54, 1.807) is 30.1 Å². The monoisotopic (exact) mass is 368 g/mol. The van der Waals surface area contributed by atoms with Crippen molar-refractivity contribution in [2.24, 2.45) is 5.41 Å². The van der Waals surface area contributed by atoms with Crippen LogP contribution in [0, 0.1) is 12.3 Å². The van der Waals surface area contributed by atoms with Crippen LogP contribution < -0.4 is 19.7 Å². The van der Waals surface area contributed by atoms with Gasteiger partial charge in [0.1, 0.15) is 18.1 Å². The van der Waals surface area contributed by atoms with E-state index in [1.165, 1.54) is 0 Å². The summed E-state index contributed by atoms with van der Waals surface area (Å²) in [5, 5.41) is 2.80. The van der Waals surface area contributed by atoms with Crippen LogP contribution in [0.2, 0.25) is 0 Å². The zero-order valence-electron chi connectivity index (χ0n) is 16.0. The van der Waals surface area contributed by atoms with Crippen LogP contribution in [0.4, 0.5) is 11.4 Å². The number of benzene rings is 2. The molecule has 2 aromatic rings. The average molecular weight is 368 g/mol. The molecule has 0 aliphatic carbocycles. The van der Waals surface area contributed by atoms with Crippen LogP contribution in [0.1, 0.15) is 19.4 Å². The Morgan fingerprint density at radius 2 is 2.00 bits per heavy atom. The molecule has 3 rings (SSSR count). The number of anilines is 2. The minimum absolute atomic E-state index is 0.00957. The first kappa shape index (κ1) is 18.8. The lowest BCUT2D eigenvalue weighted by atomic mass is 9.93. The number of carbonyl (C=O) groups is 2. The normalized spacial score (nSPS) is 15.4. The highest BCUT2D eigenvalue weighted by atomic mass is 16.5. The van der Waals surface area contributed by atoms with Crippen LogP contribution in [0.5, 0.6) is 11.5 Å². The molecule has 0 atom stereocenters.